The van der Waals surface area contributed by atoms with Gasteiger partial charge in [0.05, 0.1) is 6.10 Å². The summed E-state index contributed by atoms with van der Waals surface area (Å²) in [4.78, 5) is 0. The second-order valence-electron chi connectivity index (χ2n) is 4.12. The Bertz CT molecular complexity index is 602. The predicted molar refractivity (Wildman–Crippen MR) is 76.9 cm³/mol. The van der Waals surface area contributed by atoms with Gasteiger partial charge < -0.3 is 5.11 Å². The van der Waals surface area contributed by atoms with Crippen molar-refractivity contribution in [1.29, 1.82) is 0 Å². The summed E-state index contributed by atoms with van der Waals surface area (Å²) in [7, 11) is 0. The molecule has 0 spiro atoms. The topological polar surface area (TPSA) is 20.2 Å². The largest absolute Gasteiger partial charge is 0.388 e. The van der Waals surface area contributed by atoms with Crippen molar-refractivity contribution in [2.24, 2.45) is 0 Å². The summed E-state index contributed by atoms with van der Waals surface area (Å²) in [5, 5.41) is 10.1. The molecule has 1 unspecified atom stereocenters. The molecule has 0 saturated carbocycles. The minimum absolute atomic E-state index is 0.0767. The van der Waals surface area contributed by atoms with Gasteiger partial charge in [-0.3, -0.25) is 0 Å². The SMILES string of the molecule is OC(Cc1cc(Br)ccc1F)c1cc(F)ccc1Br. The van der Waals surface area contributed by atoms with Crippen LogP contribution in [0.2, 0.25) is 0 Å². The highest BCUT2D eigenvalue weighted by molar-refractivity contribution is 9.10. The lowest BCUT2D eigenvalue weighted by Gasteiger charge is -2.14. The van der Waals surface area contributed by atoms with Crippen molar-refractivity contribution in [3.8, 4) is 0 Å². The van der Waals surface area contributed by atoms with Gasteiger partial charge in [-0.25, -0.2) is 8.78 Å². The normalized spacial score (nSPS) is 12.5. The quantitative estimate of drug-likeness (QED) is 0.799. The van der Waals surface area contributed by atoms with Crippen LogP contribution in [-0.2, 0) is 6.42 Å². The first-order valence-electron chi connectivity index (χ1n) is 5.54. The zero-order chi connectivity index (χ0) is 14.0. The Morgan fingerprint density at radius 3 is 2.53 bits per heavy atom. The summed E-state index contributed by atoms with van der Waals surface area (Å²) >= 11 is 6.50. The fourth-order valence-electron chi connectivity index (χ4n) is 1.79. The summed E-state index contributed by atoms with van der Waals surface area (Å²) in [6.07, 6.45) is -0.901. The van der Waals surface area contributed by atoms with E-state index in [0.29, 0.717) is 15.6 Å². The molecule has 0 amide bonds. The third-order valence-electron chi connectivity index (χ3n) is 2.74. The fourth-order valence-corrected chi connectivity index (χ4v) is 2.71. The molecule has 0 heterocycles. The summed E-state index contributed by atoms with van der Waals surface area (Å²) < 4.78 is 28.1. The van der Waals surface area contributed by atoms with E-state index in [2.05, 4.69) is 31.9 Å². The maximum absolute atomic E-state index is 13.6. The molecule has 0 aliphatic carbocycles. The molecular formula is C14H10Br2F2O. The molecule has 100 valence electrons. The lowest BCUT2D eigenvalue weighted by Crippen LogP contribution is -2.05. The molecule has 0 aromatic heterocycles. The molecule has 0 bridgehead atoms. The van der Waals surface area contributed by atoms with Gasteiger partial charge in [0.2, 0.25) is 0 Å². The van der Waals surface area contributed by atoms with Gasteiger partial charge in [-0.2, -0.15) is 0 Å². The van der Waals surface area contributed by atoms with Crippen LogP contribution in [0, 0.1) is 11.6 Å². The van der Waals surface area contributed by atoms with Crippen molar-refractivity contribution in [2.45, 2.75) is 12.5 Å². The van der Waals surface area contributed by atoms with E-state index in [1.54, 1.807) is 12.1 Å². The highest BCUT2D eigenvalue weighted by atomic mass is 79.9. The van der Waals surface area contributed by atoms with Gasteiger partial charge in [-0.1, -0.05) is 31.9 Å². The number of hydrogen-bond donors (Lipinski definition) is 1. The second-order valence-corrected chi connectivity index (χ2v) is 5.89. The molecule has 1 nitrogen and oxygen atoms in total. The van der Waals surface area contributed by atoms with E-state index in [9.17, 15) is 13.9 Å². The third kappa shape index (κ3) is 3.61. The van der Waals surface area contributed by atoms with Crippen molar-refractivity contribution in [2.75, 3.05) is 0 Å². The first kappa shape index (κ1) is 14.6. The minimum Gasteiger partial charge on any atom is -0.388 e. The van der Waals surface area contributed by atoms with Crippen LogP contribution in [0.25, 0.3) is 0 Å². The fraction of sp³-hybridized carbons (Fsp3) is 0.143. The first-order chi connectivity index (χ1) is 8.97. The number of aliphatic hydroxyl groups excluding tert-OH is 1. The molecule has 1 N–H and O–H groups in total. The van der Waals surface area contributed by atoms with Crippen LogP contribution < -0.4 is 0 Å². The molecule has 2 rings (SSSR count). The zero-order valence-corrected chi connectivity index (χ0v) is 12.9. The Balaban J connectivity index is 2.27. The van der Waals surface area contributed by atoms with Gasteiger partial charge in [0.15, 0.2) is 0 Å². The van der Waals surface area contributed by atoms with Crippen LogP contribution in [0.15, 0.2) is 45.3 Å². The van der Waals surface area contributed by atoms with Crippen LogP contribution in [0.1, 0.15) is 17.2 Å². The third-order valence-corrected chi connectivity index (χ3v) is 3.95. The maximum Gasteiger partial charge on any atom is 0.126 e. The van der Waals surface area contributed by atoms with Gasteiger partial charge in [0.1, 0.15) is 11.6 Å². The average Bonchev–Trinajstić information content (AvgIpc) is 2.36. The van der Waals surface area contributed by atoms with E-state index < -0.39 is 17.7 Å². The first-order valence-corrected chi connectivity index (χ1v) is 7.13. The number of rotatable bonds is 3. The van der Waals surface area contributed by atoms with Crippen LogP contribution in [-0.4, -0.2) is 5.11 Å². The highest BCUT2D eigenvalue weighted by Gasteiger charge is 2.15. The molecular weight excluding hydrogens is 382 g/mol. The Morgan fingerprint density at radius 2 is 1.79 bits per heavy atom. The highest BCUT2D eigenvalue weighted by Crippen LogP contribution is 2.28. The molecule has 0 aliphatic rings. The van der Waals surface area contributed by atoms with Crippen LogP contribution in [0.3, 0.4) is 0 Å². The molecule has 0 aliphatic heterocycles. The monoisotopic (exact) mass is 390 g/mol. The lowest BCUT2D eigenvalue weighted by molar-refractivity contribution is 0.176. The van der Waals surface area contributed by atoms with Gasteiger partial charge in [-0.05, 0) is 47.5 Å². The van der Waals surface area contributed by atoms with Crippen molar-refractivity contribution in [3.05, 3.63) is 68.1 Å². The van der Waals surface area contributed by atoms with Crippen molar-refractivity contribution in [3.63, 3.8) is 0 Å². The van der Waals surface area contributed by atoms with Crippen LogP contribution in [0.4, 0.5) is 8.78 Å². The zero-order valence-electron chi connectivity index (χ0n) is 9.71. The molecule has 0 saturated heterocycles. The standard InChI is InChI=1S/C14H10Br2F2O/c15-9-1-4-13(18)8(5-9)6-14(19)11-7-10(17)2-3-12(11)16/h1-5,7,14,19H,6H2. The smallest absolute Gasteiger partial charge is 0.126 e. The number of aliphatic hydroxyl groups is 1. The van der Waals surface area contributed by atoms with Crippen molar-refractivity contribution < 1.29 is 13.9 Å². The molecule has 5 heteroatoms. The van der Waals surface area contributed by atoms with E-state index in [0.717, 1.165) is 4.47 Å². The Kier molecular flexibility index (Phi) is 4.71. The minimum atomic E-state index is -0.978. The molecule has 0 fully saturated rings. The summed E-state index contributed by atoms with van der Waals surface area (Å²) in [6.45, 7) is 0. The van der Waals surface area contributed by atoms with E-state index >= 15 is 0 Å². The number of hydrogen-bond acceptors (Lipinski definition) is 1. The average molecular weight is 392 g/mol. The maximum atomic E-state index is 13.6. The van der Waals surface area contributed by atoms with E-state index in [4.69, 9.17) is 0 Å². The van der Waals surface area contributed by atoms with E-state index in [1.165, 1.54) is 24.3 Å². The van der Waals surface area contributed by atoms with Gasteiger partial charge >= 0.3 is 0 Å². The molecule has 1 atom stereocenters. The Morgan fingerprint density at radius 1 is 1.05 bits per heavy atom. The Hall–Kier alpha value is -0.780. The van der Waals surface area contributed by atoms with Gasteiger partial charge in [-0.15, -0.1) is 0 Å². The van der Waals surface area contributed by atoms with Gasteiger partial charge in [0.25, 0.3) is 0 Å². The van der Waals surface area contributed by atoms with Crippen LogP contribution in [0.5, 0.6) is 0 Å². The van der Waals surface area contributed by atoms with Crippen molar-refractivity contribution >= 4 is 31.9 Å². The number of halogens is 4. The summed E-state index contributed by atoms with van der Waals surface area (Å²) in [6, 6.07) is 8.57. The van der Waals surface area contributed by atoms with E-state index in [1.807, 2.05) is 0 Å². The lowest BCUT2D eigenvalue weighted by atomic mass is 10.0. The van der Waals surface area contributed by atoms with E-state index in [-0.39, 0.29) is 6.42 Å². The Labute approximate surface area is 126 Å². The summed E-state index contributed by atoms with van der Waals surface area (Å²) in [5.74, 6) is -0.832. The summed E-state index contributed by atoms with van der Waals surface area (Å²) in [5.41, 5.74) is 0.775. The molecule has 2 aromatic rings. The molecule has 2 aromatic carbocycles. The number of benzene rings is 2. The van der Waals surface area contributed by atoms with Crippen molar-refractivity contribution in [1.82, 2.24) is 0 Å². The second kappa shape index (κ2) is 6.11. The predicted octanol–water partition coefficient (Wildman–Crippen LogP) is 4.77. The van der Waals surface area contributed by atoms with Crippen LogP contribution >= 0.6 is 31.9 Å². The molecule has 0 radical (unpaired) electrons. The molecule has 19 heavy (non-hydrogen) atoms. The van der Waals surface area contributed by atoms with Gasteiger partial charge in [0, 0.05) is 15.4 Å².